The van der Waals surface area contributed by atoms with Crippen molar-refractivity contribution >= 4 is 0 Å². The molecule has 1 unspecified atom stereocenters. The molecule has 1 atom stereocenters. The van der Waals surface area contributed by atoms with E-state index in [1.165, 1.54) is 25.9 Å². The molecule has 0 bridgehead atoms. The molecule has 1 N–H and O–H groups in total. The summed E-state index contributed by atoms with van der Waals surface area (Å²) in [5, 5.41) is 3.41. The summed E-state index contributed by atoms with van der Waals surface area (Å²) < 4.78 is 0. The molecular formula is C12H28N2. The molecule has 0 aromatic heterocycles. The number of hydrogen-bond donors (Lipinski definition) is 1. The Labute approximate surface area is 90.1 Å². The molecule has 0 heterocycles. The number of nitrogens with one attached hydrogen (secondary N) is 1. The Morgan fingerprint density at radius 3 is 2.14 bits per heavy atom. The molecule has 14 heavy (non-hydrogen) atoms. The van der Waals surface area contributed by atoms with Crippen LogP contribution >= 0.6 is 0 Å². The highest BCUT2D eigenvalue weighted by Gasteiger charge is 2.22. The summed E-state index contributed by atoms with van der Waals surface area (Å²) >= 11 is 0. The van der Waals surface area contributed by atoms with E-state index in [4.69, 9.17) is 0 Å². The van der Waals surface area contributed by atoms with Crippen LogP contribution in [0.4, 0.5) is 0 Å². The van der Waals surface area contributed by atoms with Gasteiger partial charge in [-0.15, -0.1) is 0 Å². The molecule has 0 aromatic rings. The molecule has 0 saturated carbocycles. The Hall–Kier alpha value is -0.0800. The first-order valence-electron chi connectivity index (χ1n) is 5.77. The van der Waals surface area contributed by atoms with Gasteiger partial charge in [-0.05, 0) is 45.4 Å². The van der Waals surface area contributed by atoms with Crippen LogP contribution < -0.4 is 5.32 Å². The monoisotopic (exact) mass is 200 g/mol. The molecular weight excluding hydrogens is 172 g/mol. The number of rotatable bonds is 6. The van der Waals surface area contributed by atoms with Crippen LogP contribution in [-0.4, -0.2) is 38.1 Å². The summed E-state index contributed by atoms with van der Waals surface area (Å²) in [6.07, 6.45) is 2.48. The lowest BCUT2D eigenvalue weighted by molar-refractivity contribution is 0.230. The molecule has 0 amide bonds. The van der Waals surface area contributed by atoms with Crippen LogP contribution in [0.3, 0.4) is 0 Å². The molecule has 0 radical (unpaired) electrons. The summed E-state index contributed by atoms with van der Waals surface area (Å²) in [4.78, 5) is 2.41. The lowest BCUT2D eigenvalue weighted by Gasteiger charge is -2.31. The van der Waals surface area contributed by atoms with Crippen molar-refractivity contribution in [1.29, 1.82) is 0 Å². The zero-order chi connectivity index (χ0) is 11.2. The zero-order valence-electron chi connectivity index (χ0n) is 10.9. The van der Waals surface area contributed by atoms with Crippen LogP contribution in [0, 0.1) is 5.41 Å². The van der Waals surface area contributed by atoms with Crippen molar-refractivity contribution in [2.45, 2.75) is 46.6 Å². The van der Waals surface area contributed by atoms with Gasteiger partial charge in [-0.1, -0.05) is 27.7 Å². The minimum Gasteiger partial charge on any atom is -0.316 e. The Balaban J connectivity index is 3.84. The van der Waals surface area contributed by atoms with Crippen molar-refractivity contribution in [3.05, 3.63) is 0 Å². The fraction of sp³-hybridized carbons (Fsp3) is 1.00. The maximum absolute atomic E-state index is 3.41. The first kappa shape index (κ1) is 13.9. The molecule has 0 aliphatic rings. The molecule has 0 saturated heterocycles. The second-order valence-electron chi connectivity index (χ2n) is 5.30. The van der Waals surface area contributed by atoms with Gasteiger partial charge < -0.3 is 10.2 Å². The summed E-state index contributed by atoms with van der Waals surface area (Å²) in [5.41, 5.74) is 0.363. The highest BCUT2D eigenvalue weighted by atomic mass is 15.1. The van der Waals surface area contributed by atoms with Crippen LogP contribution in [0.1, 0.15) is 40.5 Å². The Morgan fingerprint density at radius 1 is 1.21 bits per heavy atom. The lowest BCUT2D eigenvalue weighted by Crippen LogP contribution is -2.40. The van der Waals surface area contributed by atoms with Crippen LogP contribution in [0.2, 0.25) is 0 Å². The van der Waals surface area contributed by atoms with E-state index in [9.17, 15) is 0 Å². The van der Waals surface area contributed by atoms with Gasteiger partial charge in [0.15, 0.2) is 0 Å². The third kappa shape index (κ3) is 5.61. The average molecular weight is 200 g/mol. The quantitative estimate of drug-likeness (QED) is 0.708. The zero-order valence-corrected chi connectivity index (χ0v) is 10.9. The molecule has 2 heteroatoms. The topological polar surface area (TPSA) is 15.3 Å². The van der Waals surface area contributed by atoms with Crippen molar-refractivity contribution in [2.24, 2.45) is 5.41 Å². The van der Waals surface area contributed by atoms with Gasteiger partial charge in [-0.25, -0.2) is 0 Å². The van der Waals surface area contributed by atoms with Crippen molar-refractivity contribution < 1.29 is 0 Å². The van der Waals surface area contributed by atoms with Crippen molar-refractivity contribution in [1.82, 2.24) is 10.2 Å². The number of nitrogens with zero attached hydrogens (tertiary/aromatic N) is 1. The summed E-state index contributed by atoms with van der Waals surface area (Å²) in [6.45, 7) is 11.5. The van der Waals surface area contributed by atoms with Gasteiger partial charge in [0.2, 0.25) is 0 Å². The van der Waals surface area contributed by atoms with Gasteiger partial charge >= 0.3 is 0 Å². The fourth-order valence-corrected chi connectivity index (χ4v) is 1.85. The third-order valence-corrected chi connectivity index (χ3v) is 2.80. The standard InChI is InChI=1S/C12H28N2/c1-7-9-14(6)10-8-11(13-5)12(2,3)4/h11,13H,7-10H2,1-6H3. The van der Waals surface area contributed by atoms with Crippen molar-refractivity contribution in [3.8, 4) is 0 Å². The van der Waals surface area contributed by atoms with Crippen LogP contribution in [0.5, 0.6) is 0 Å². The van der Waals surface area contributed by atoms with E-state index in [2.05, 4.69) is 52.0 Å². The van der Waals surface area contributed by atoms with Gasteiger partial charge in [-0.3, -0.25) is 0 Å². The van der Waals surface area contributed by atoms with Gasteiger partial charge in [0.1, 0.15) is 0 Å². The second-order valence-corrected chi connectivity index (χ2v) is 5.30. The molecule has 0 rings (SSSR count). The normalized spacial score (nSPS) is 14.8. The smallest absolute Gasteiger partial charge is 0.0125 e. The van der Waals surface area contributed by atoms with Gasteiger partial charge in [0, 0.05) is 6.04 Å². The molecule has 86 valence electrons. The van der Waals surface area contributed by atoms with E-state index in [0.717, 1.165) is 0 Å². The maximum Gasteiger partial charge on any atom is 0.0125 e. The highest BCUT2D eigenvalue weighted by Crippen LogP contribution is 2.21. The Bertz CT molecular complexity index is 138. The van der Waals surface area contributed by atoms with E-state index in [0.29, 0.717) is 11.5 Å². The molecule has 0 aliphatic carbocycles. The summed E-state index contributed by atoms with van der Waals surface area (Å²) in [6, 6.07) is 0.613. The molecule has 0 fully saturated rings. The van der Waals surface area contributed by atoms with Crippen molar-refractivity contribution in [2.75, 3.05) is 27.2 Å². The molecule has 0 aliphatic heterocycles. The van der Waals surface area contributed by atoms with E-state index in [-0.39, 0.29) is 0 Å². The number of hydrogen-bond acceptors (Lipinski definition) is 2. The van der Waals surface area contributed by atoms with Gasteiger partial charge in [0.25, 0.3) is 0 Å². The average Bonchev–Trinajstić information content (AvgIpc) is 2.03. The van der Waals surface area contributed by atoms with Crippen LogP contribution in [-0.2, 0) is 0 Å². The van der Waals surface area contributed by atoms with Crippen molar-refractivity contribution in [3.63, 3.8) is 0 Å². The fourth-order valence-electron chi connectivity index (χ4n) is 1.85. The molecule has 0 spiro atoms. The lowest BCUT2D eigenvalue weighted by atomic mass is 9.85. The maximum atomic E-state index is 3.41. The van der Waals surface area contributed by atoms with Gasteiger partial charge in [0.05, 0.1) is 0 Å². The Morgan fingerprint density at radius 2 is 1.79 bits per heavy atom. The minimum atomic E-state index is 0.363. The third-order valence-electron chi connectivity index (χ3n) is 2.80. The predicted octanol–water partition coefficient (Wildman–Crippen LogP) is 2.35. The highest BCUT2D eigenvalue weighted by molar-refractivity contribution is 4.79. The van der Waals surface area contributed by atoms with E-state index < -0.39 is 0 Å². The van der Waals surface area contributed by atoms with E-state index >= 15 is 0 Å². The Kier molecular flexibility index (Phi) is 6.38. The van der Waals surface area contributed by atoms with E-state index in [1.54, 1.807) is 0 Å². The van der Waals surface area contributed by atoms with Crippen LogP contribution in [0.25, 0.3) is 0 Å². The SMILES string of the molecule is CCCN(C)CCC(NC)C(C)(C)C. The largest absolute Gasteiger partial charge is 0.316 e. The van der Waals surface area contributed by atoms with Gasteiger partial charge in [-0.2, -0.15) is 0 Å². The summed E-state index contributed by atoms with van der Waals surface area (Å²) in [7, 11) is 4.27. The second kappa shape index (κ2) is 6.41. The van der Waals surface area contributed by atoms with Crippen LogP contribution in [0.15, 0.2) is 0 Å². The molecule has 0 aromatic carbocycles. The van der Waals surface area contributed by atoms with E-state index in [1.807, 2.05) is 0 Å². The minimum absolute atomic E-state index is 0.363. The summed E-state index contributed by atoms with van der Waals surface area (Å²) in [5.74, 6) is 0. The first-order valence-corrected chi connectivity index (χ1v) is 5.77. The predicted molar refractivity (Wildman–Crippen MR) is 64.7 cm³/mol. The molecule has 2 nitrogen and oxygen atoms in total. The first-order chi connectivity index (χ1) is 6.41.